The smallest absolute Gasteiger partial charge is 0.132 e. The molecule has 0 amide bonds. The molecule has 0 saturated carbocycles. The highest BCUT2D eigenvalue weighted by atomic mass is 19.1. The molecule has 0 bridgehead atoms. The molecule has 3 aliphatic heterocycles. The first-order valence-electron chi connectivity index (χ1n) is 15.2. The van der Waals surface area contributed by atoms with E-state index in [2.05, 4.69) is 69.4 Å². The van der Waals surface area contributed by atoms with E-state index in [-0.39, 0.29) is 5.92 Å². The molecule has 4 unspecified atom stereocenters. The number of hydrogen-bond acceptors (Lipinski definition) is 4. The van der Waals surface area contributed by atoms with E-state index in [9.17, 15) is 4.39 Å². The van der Waals surface area contributed by atoms with Gasteiger partial charge in [-0.05, 0) is 79.2 Å². The molecule has 3 saturated heterocycles. The van der Waals surface area contributed by atoms with Gasteiger partial charge >= 0.3 is 0 Å². The number of benzene rings is 3. The second-order valence-corrected chi connectivity index (χ2v) is 12.3. The lowest BCUT2D eigenvalue weighted by Gasteiger charge is -2.38. The van der Waals surface area contributed by atoms with Gasteiger partial charge in [0.15, 0.2) is 0 Å². The summed E-state index contributed by atoms with van der Waals surface area (Å²) in [7, 11) is 0. The van der Waals surface area contributed by atoms with Gasteiger partial charge in [-0.3, -0.25) is 10.3 Å². The summed E-state index contributed by atoms with van der Waals surface area (Å²) in [5.41, 5.74) is 3.58. The van der Waals surface area contributed by atoms with Crippen molar-refractivity contribution in [1.82, 2.24) is 4.90 Å². The molecule has 7 heteroatoms. The van der Waals surface area contributed by atoms with Crippen LogP contribution in [0.3, 0.4) is 0 Å². The lowest BCUT2D eigenvalue weighted by atomic mass is 9.87. The summed E-state index contributed by atoms with van der Waals surface area (Å²) in [4.78, 5) is 8.89. The third-order valence-electron chi connectivity index (χ3n) is 9.42. The zero-order valence-electron chi connectivity index (χ0n) is 24.1. The van der Waals surface area contributed by atoms with E-state index < -0.39 is 17.2 Å². The summed E-state index contributed by atoms with van der Waals surface area (Å²) in [6, 6.07) is 23.5. The maximum absolute atomic E-state index is 15.3. The highest BCUT2D eigenvalue weighted by Crippen LogP contribution is 2.41. The predicted molar refractivity (Wildman–Crippen MR) is 165 cm³/mol. The third-order valence-corrected chi connectivity index (χ3v) is 9.42. The van der Waals surface area contributed by atoms with Gasteiger partial charge in [0.25, 0.3) is 0 Å². The van der Waals surface area contributed by atoms with Crippen LogP contribution in [0.25, 0.3) is 0 Å². The third kappa shape index (κ3) is 6.47. The van der Waals surface area contributed by atoms with Crippen LogP contribution in [0.4, 0.5) is 14.5 Å². The molecule has 3 aliphatic rings. The highest BCUT2D eigenvalue weighted by Gasteiger charge is 2.45. The van der Waals surface area contributed by atoms with Crippen LogP contribution >= 0.6 is 0 Å². The predicted octanol–water partition coefficient (Wildman–Crippen LogP) is 6.70. The maximum Gasteiger partial charge on any atom is 0.132 e. The van der Waals surface area contributed by atoms with E-state index in [4.69, 9.17) is 10.1 Å². The van der Waals surface area contributed by atoms with Crippen molar-refractivity contribution in [1.29, 1.82) is 5.41 Å². The summed E-state index contributed by atoms with van der Waals surface area (Å²) in [6.45, 7) is 5.06. The molecular formula is C35H40F2N4O. The van der Waals surface area contributed by atoms with E-state index >= 15 is 4.39 Å². The van der Waals surface area contributed by atoms with Crippen molar-refractivity contribution < 1.29 is 13.5 Å². The zero-order valence-corrected chi connectivity index (χ0v) is 24.1. The van der Waals surface area contributed by atoms with Crippen LogP contribution < -0.4 is 4.90 Å². The Balaban J connectivity index is 1.11. The molecule has 6 rings (SSSR count). The molecule has 42 heavy (non-hydrogen) atoms. The van der Waals surface area contributed by atoms with Crippen molar-refractivity contribution in [2.24, 2.45) is 22.7 Å². The normalized spacial score (nSPS) is 26.4. The Bertz CT molecular complexity index is 1370. The molecular weight excluding hydrogens is 530 g/mol. The van der Waals surface area contributed by atoms with Gasteiger partial charge in [-0.1, -0.05) is 48.5 Å². The minimum Gasteiger partial charge on any atom is -0.371 e. The molecule has 1 N–H and O–H groups in total. The molecule has 5 nitrogen and oxygen atoms in total. The van der Waals surface area contributed by atoms with Crippen molar-refractivity contribution in [2.45, 2.75) is 37.7 Å². The number of likely N-dealkylation sites (tertiary alicyclic amines) is 1. The van der Waals surface area contributed by atoms with Gasteiger partial charge in [0.2, 0.25) is 0 Å². The van der Waals surface area contributed by atoms with Gasteiger partial charge in [-0.2, -0.15) is 0 Å². The fourth-order valence-corrected chi connectivity index (χ4v) is 7.29. The average Bonchev–Trinajstić information content (AvgIpc) is 3.48. The lowest BCUT2D eigenvalue weighted by Crippen LogP contribution is -2.44. The van der Waals surface area contributed by atoms with E-state index in [1.807, 2.05) is 0 Å². The summed E-state index contributed by atoms with van der Waals surface area (Å²) >= 11 is 0. The van der Waals surface area contributed by atoms with Crippen LogP contribution in [0.15, 0.2) is 77.8 Å². The first-order valence-corrected chi connectivity index (χ1v) is 15.2. The molecule has 4 atom stereocenters. The number of hydrogen-bond donors (Lipinski definition) is 1. The Kier molecular flexibility index (Phi) is 8.77. The number of ether oxygens (including phenoxy) is 1. The minimum absolute atomic E-state index is 0.268. The number of fused-ring (bicyclic) bond motifs is 1. The van der Waals surface area contributed by atoms with Crippen LogP contribution in [0.2, 0.25) is 0 Å². The second-order valence-electron chi connectivity index (χ2n) is 12.3. The number of nitrogens with zero attached hydrogens (tertiary/aromatic N) is 3. The molecule has 3 fully saturated rings. The second kappa shape index (κ2) is 12.8. The molecule has 0 aliphatic carbocycles. The van der Waals surface area contributed by atoms with Crippen LogP contribution in [0.5, 0.6) is 0 Å². The van der Waals surface area contributed by atoms with E-state index in [1.54, 1.807) is 12.3 Å². The SMILES string of the molecule is N=CN=CCC1CCCC(CN2CC3CN(c4ccc(Cc5ccccc5)cc4)CC3C2)(c2ccc(F)cc2F)OC1. The van der Waals surface area contributed by atoms with Crippen molar-refractivity contribution in [3.05, 3.63) is 101 Å². The van der Waals surface area contributed by atoms with Crippen molar-refractivity contribution >= 4 is 18.2 Å². The zero-order chi connectivity index (χ0) is 28.9. The van der Waals surface area contributed by atoms with Crippen molar-refractivity contribution in [3.8, 4) is 0 Å². The Morgan fingerprint density at radius 1 is 0.929 bits per heavy atom. The molecule has 3 aromatic rings. The first-order chi connectivity index (χ1) is 20.5. The van der Waals surface area contributed by atoms with Crippen molar-refractivity contribution in [2.75, 3.05) is 44.2 Å². The number of nitrogens with one attached hydrogen (secondary N) is 1. The van der Waals surface area contributed by atoms with Gasteiger partial charge < -0.3 is 9.64 Å². The molecule has 220 valence electrons. The first kappa shape index (κ1) is 28.7. The Labute approximate surface area is 247 Å². The number of halogens is 2. The van der Waals surface area contributed by atoms with Gasteiger partial charge in [-0.15, -0.1) is 0 Å². The molecule has 3 aromatic carbocycles. The largest absolute Gasteiger partial charge is 0.371 e. The summed E-state index contributed by atoms with van der Waals surface area (Å²) in [5, 5.41) is 7.13. The lowest BCUT2D eigenvalue weighted by molar-refractivity contribution is -0.0779. The van der Waals surface area contributed by atoms with Crippen molar-refractivity contribution in [3.63, 3.8) is 0 Å². The topological polar surface area (TPSA) is 51.9 Å². The Morgan fingerprint density at radius 2 is 1.67 bits per heavy atom. The van der Waals surface area contributed by atoms with Crippen LogP contribution in [-0.4, -0.2) is 56.8 Å². The quantitative estimate of drug-likeness (QED) is 0.230. The number of anilines is 1. The molecule has 3 heterocycles. The summed E-state index contributed by atoms with van der Waals surface area (Å²) in [5.74, 6) is 0.286. The molecule has 0 spiro atoms. The van der Waals surface area contributed by atoms with E-state index in [0.29, 0.717) is 37.0 Å². The summed E-state index contributed by atoms with van der Waals surface area (Å²) in [6.07, 6.45) is 7.03. The fourth-order valence-electron chi connectivity index (χ4n) is 7.29. The van der Waals surface area contributed by atoms with Crippen LogP contribution in [-0.2, 0) is 16.8 Å². The molecule has 0 radical (unpaired) electrons. The standard InChI is InChI=1S/C35H40F2N4O/c36-31-10-13-33(34(37)18-31)35(15-4-7-28(23-42-35)14-16-39-25-38)24-40-19-29-21-41(22-30(29)20-40)32-11-8-27(9-12-32)17-26-5-2-1-3-6-26/h1-3,5-6,8-13,16,18,25,28-30,38H,4,7,14-15,17,19-24H2. The maximum atomic E-state index is 15.3. The fraction of sp³-hybridized carbons (Fsp3) is 0.429. The van der Waals surface area contributed by atoms with Crippen LogP contribution in [0, 0.1) is 34.8 Å². The van der Waals surface area contributed by atoms with Crippen LogP contribution in [0.1, 0.15) is 42.4 Å². The average molecular weight is 571 g/mol. The van der Waals surface area contributed by atoms with Gasteiger partial charge in [-0.25, -0.2) is 13.8 Å². The van der Waals surface area contributed by atoms with E-state index in [1.165, 1.54) is 22.9 Å². The molecule has 0 aromatic heterocycles. The monoisotopic (exact) mass is 570 g/mol. The summed E-state index contributed by atoms with van der Waals surface area (Å²) < 4.78 is 35.8. The number of rotatable bonds is 9. The van der Waals surface area contributed by atoms with Gasteiger partial charge in [0, 0.05) is 56.3 Å². The Morgan fingerprint density at radius 3 is 2.38 bits per heavy atom. The van der Waals surface area contributed by atoms with Gasteiger partial charge in [0.05, 0.1) is 6.61 Å². The number of aliphatic imine (C=N–C) groups is 1. The van der Waals surface area contributed by atoms with Gasteiger partial charge in [0.1, 0.15) is 23.6 Å². The highest BCUT2D eigenvalue weighted by molar-refractivity contribution is 5.70. The van der Waals surface area contributed by atoms with E-state index in [0.717, 1.165) is 64.3 Å². The Hall–Kier alpha value is -3.42. The minimum atomic E-state index is -0.807.